The van der Waals surface area contributed by atoms with Gasteiger partial charge in [0.05, 0.1) is 6.61 Å². The number of allylic oxidation sites excluding steroid dienone is 1. The number of methoxy groups -OCH3 is 1. The van der Waals surface area contributed by atoms with Crippen molar-refractivity contribution in [3.8, 4) is 5.75 Å². The van der Waals surface area contributed by atoms with E-state index >= 15 is 0 Å². The third kappa shape index (κ3) is 4.45. The topological polar surface area (TPSA) is 104 Å². The van der Waals surface area contributed by atoms with Crippen LogP contribution < -0.4 is 15.8 Å². The number of rotatable bonds is 7. The van der Waals surface area contributed by atoms with E-state index in [9.17, 15) is 19.5 Å². The molecule has 0 aromatic carbocycles. The van der Waals surface area contributed by atoms with Crippen LogP contribution >= 0.6 is 0 Å². The molecule has 0 spiro atoms. The van der Waals surface area contributed by atoms with Crippen molar-refractivity contribution in [2.45, 2.75) is 32.1 Å². The van der Waals surface area contributed by atoms with Crippen molar-refractivity contribution in [2.24, 2.45) is 0 Å². The highest BCUT2D eigenvalue weighted by Gasteiger charge is 2.32. The predicted octanol–water partition coefficient (Wildman–Crippen LogP) is 0.802. The molecule has 0 unspecified atom stereocenters. The number of fused-ring (bicyclic) bond motifs is 1. The minimum Gasteiger partial charge on any atom is -0.502 e. The zero-order valence-electron chi connectivity index (χ0n) is 16.9. The molecular formula is C20H28N4O5. The number of nitrogens with one attached hydrogen (secondary N) is 1. The molecule has 1 aliphatic carbocycles. The Balaban J connectivity index is 1.78. The molecular weight excluding hydrogens is 376 g/mol. The van der Waals surface area contributed by atoms with Crippen molar-refractivity contribution in [3.63, 3.8) is 0 Å². The van der Waals surface area contributed by atoms with Crippen LogP contribution in [0, 0.1) is 0 Å². The molecule has 1 aromatic heterocycles. The summed E-state index contributed by atoms with van der Waals surface area (Å²) in [6, 6.07) is 0. The van der Waals surface area contributed by atoms with E-state index in [0.717, 1.165) is 19.3 Å². The number of hydrogen-bond acceptors (Lipinski definition) is 6. The van der Waals surface area contributed by atoms with Gasteiger partial charge in [-0.05, 0) is 32.1 Å². The minimum absolute atomic E-state index is 0.149. The zero-order valence-corrected chi connectivity index (χ0v) is 16.9. The summed E-state index contributed by atoms with van der Waals surface area (Å²) in [5.41, 5.74) is 0.140. The highest BCUT2D eigenvalue weighted by atomic mass is 16.5. The minimum atomic E-state index is -0.846. The van der Waals surface area contributed by atoms with Crippen LogP contribution in [0.4, 0.5) is 0 Å². The van der Waals surface area contributed by atoms with Gasteiger partial charge < -0.3 is 20.1 Å². The van der Waals surface area contributed by atoms with Gasteiger partial charge in [-0.3, -0.25) is 24.1 Å². The van der Waals surface area contributed by atoms with Crippen molar-refractivity contribution < 1.29 is 19.4 Å². The van der Waals surface area contributed by atoms with Gasteiger partial charge in [-0.1, -0.05) is 11.6 Å². The highest BCUT2D eigenvalue weighted by Crippen LogP contribution is 2.21. The van der Waals surface area contributed by atoms with E-state index in [-0.39, 0.29) is 17.9 Å². The maximum absolute atomic E-state index is 12.7. The Kier molecular flexibility index (Phi) is 6.58. The molecule has 0 atom stereocenters. The molecule has 2 heterocycles. The quantitative estimate of drug-likeness (QED) is 0.652. The standard InChI is InChI=1S/C20H28N4O5/c1-22-13-23(10-11-29-2)20(28)16-18(26)17(25)15(12-24(16)22)19(27)21-9-8-14-6-4-3-5-7-14/h6,12,26H,3-5,7-11,13H2,1-2H3,(H,21,27). The summed E-state index contributed by atoms with van der Waals surface area (Å²) in [4.78, 5) is 39.3. The van der Waals surface area contributed by atoms with E-state index in [1.807, 2.05) is 0 Å². The third-order valence-corrected chi connectivity index (χ3v) is 5.32. The van der Waals surface area contributed by atoms with Crippen LogP contribution in [-0.2, 0) is 4.74 Å². The molecule has 0 saturated carbocycles. The van der Waals surface area contributed by atoms with Gasteiger partial charge in [-0.2, -0.15) is 0 Å². The van der Waals surface area contributed by atoms with Gasteiger partial charge in [-0.25, -0.2) is 0 Å². The van der Waals surface area contributed by atoms with Crippen molar-refractivity contribution in [3.05, 3.63) is 39.3 Å². The Morgan fingerprint density at radius 2 is 2.10 bits per heavy atom. The number of carbonyl (C=O) groups excluding carboxylic acids is 2. The number of amides is 2. The maximum atomic E-state index is 12.7. The molecule has 0 bridgehead atoms. The number of hydrogen-bond donors (Lipinski definition) is 2. The summed E-state index contributed by atoms with van der Waals surface area (Å²) in [6.45, 7) is 1.33. The number of ether oxygens (including phenoxy) is 1. The van der Waals surface area contributed by atoms with Crippen LogP contribution in [0.3, 0.4) is 0 Å². The van der Waals surface area contributed by atoms with E-state index < -0.39 is 23.0 Å². The number of nitrogens with zero attached hydrogens (tertiary/aromatic N) is 3. The Hall–Kier alpha value is -2.81. The average Bonchev–Trinajstić information content (AvgIpc) is 2.72. The van der Waals surface area contributed by atoms with Gasteiger partial charge in [0.25, 0.3) is 11.8 Å². The number of carbonyl (C=O) groups is 2. The first-order chi connectivity index (χ1) is 13.9. The Labute approximate surface area is 169 Å². The summed E-state index contributed by atoms with van der Waals surface area (Å²) >= 11 is 0. The van der Waals surface area contributed by atoms with Crippen LogP contribution in [0.15, 0.2) is 22.6 Å². The molecule has 9 heteroatoms. The average molecular weight is 404 g/mol. The lowest BCUT2D eigenvalue weighted by Gasteiger charge is -2.37. The fourth-order valence-electron chi connectivity index (χ4n) is 3.69. The molecule has 0 fully saturated rings. The zero-order chi connectivity index (χ0) is 21.0. The van der Waals surface area contributed by atoms with Gasteiger partial charge in [0.15, 0.2) is 11.4 Å². The second kappa shape index (κ2) is 9.13. The Morgan fingerprint density at radius 3 is 2.79 bits per heavy atom. The normalized spacial score (nSPS) is 16.5. The lowest BCUT2D eigenvalue weighted by molar-refractivity contribution is 0.0629. The number of aromatic nitrogens is 1. The SMILES string of the molecule is COCCN1CN(C)n2cc(C(=O)NCCC3=CCCCC3)c(=O)c(O)c2C1=O. The second-order valence-corrected chi connectivity index (χ2v) is 7.39. The van der Waals surface area contributed by atoms with E-state index in [1.54, 1.807) is 12.1 Å². The summed E-state index contributed by atoms with van der Waals surface area (Å²) < 4.78 is 6.36. The third-order valence-electron chi connectivity index (χ3n) is 5.32. The predicted molar refractivity (Wildman–Crippen MR) is 108 cm³/mol. The number of aromatic hydroxyl groups is 1. The fourth-order valence-corrected chi connectivity index (χ4v) is 3.69. The maximum Gasteiger partial charge on any atom is 0.277 e. The monoisotopic (exact) mass is 404 g/mol. The van der Waals surface area contributed by atoms with Gasteiger partial charge in [0.1, 0.15) is 12.2 Å². The smallest absolute Gasteiger partial charge is 0.277 e. The first kappa shape index (κ1) is 20.9. The Morgan fingerprint density at radius 1 is 1.31 bits per heavy atom. The van der Waals surface area contributed by atoms with E-state index in [0.29, 0.717) is 19.7 Å². The molecule has 2 N–H and O–H groups in total. The highest BCUT2D eigenvalue weighted by molar-refractivity contribution is 5.99. The largest absolute Gasteiger partial charge is 0.502 e. The summed E-state index contributed by atoms with van der Waals surface area (Å²) in [7, 11) is 3.24. The van der Waals surface area contributed by atoms with Crippen molar-refractivity contribution in [1.29, 1.82) is 0 Å². The van der Waals surface area contributed by atoms with E-state index in [4.69, 9.17) is 4.74 Å². The summed E-state index contributed by atoms with van der Waals surface area (Å²) in [5, 5.41) is 14.8. The first-order valence-corrected chi connectivity index (χ1v) is 9.88. The molecule has 2 aliphatic rings. The molecule has 29 heavy (non-hydrogen) atoms. The molecule has 3 rings (SSSR count). The van der Waals surface area contributed by atoms with Gasteiger partial charge in [0.2, 0.25) is 5.43 Å². The Bertz CT molecular complexity index is 876. The van der Waals surface area contributed by atoms with Crippen molar-refractivity contribution >= 4 is 11.8 Å². The van der Waals surface area contributed by atoms with E-state index in [2.05, 4.69) is 11.4 Å². The fraction of sp³-hybridized carbons (Fsp3) is 0.550. The summed E-state index contributed by atoms with van der Waals surface area (Å²) in [6.07, 6.45) is 8.77. The van der Waals surface area contributed by atoms with Crippen LogP contribution in [0.1, 0.15) is 53.0 Å². The summed E-state index contributed by atoms with van der Waals surface area (Å²) in [5.74, 6) is -1.75. The van der Waals surface area contributed by atoms with Crippen LogP contribution in [-0.4, -0.2) is 67.0 Å². The van der Waals surface area contributed by atoms with Gasteiger partial charge in [-0.15, -0.1) is 0 Å². The van der Waals surface area contributed by atoms with Crippen LogP contribution in [0.2, 0.25) is 0 Å². The van der Waals surface area contributed by atoms with Crippen LogP contribution in [0.25, 0.3) is 0 Å². The molecule has 158 valence electrons. The molecule has 0 saturated heterocycles. The first-order valence-electron chi connectivity index (χ1n) is 9.88. The molecule has 9 nitrogen and oxygen atoms in total. The molecule has 1 aromatic rings. The lowest BCUT2D eigenvalue weighted by Crippen LogP contribution is -2.53. The van der Waals surface area contributed by atoms with Gasteiger partial charge >= 0.3 is 0 Å². The number of pyridine rings is 1. The van der Waals surface area contributed by atoms with E-state index in [1.165, 1.54) is 41.3 Å². The van der Waals surface area contributed by atoms with Crippen LogP contribution in [0.5, 0.6) is 5.75 Å². The molecule has 1 aliphatic heterocycles. The molecule has 0 radical (unpaired) electrons. The second-order valence-electron chi connectivity index (χ2n) is 7.39. The lowest BCUT2D eigenvalue weighted by atomic mass is 9.97. The molecule has 2 amide bonds. The van der Waals surface area contributed by atoms with Crippen molar-refractivity contribution in [1.82, 2.24) is 14.9 Å². The van der Waals surface area contributed by atoms with Gasteiger partial charge in [0, 0.05) is 33.4 Å². The van der Waals surface area contributed by atoms with Crippen molar-refractivity contribution in [2.75, 3.05) is 45.5 Å².